The van der Waals surface area contributed by atoms with Gasteiger partial charge in [0.2, 0.25) is 0 Å². The second-order valence-corrected chi connectivity index (χ2v) is 4.50. The number of hydrogen-bond acceptors (Lipinski definition) is 3. The third-order valence-electron chi connectivity index (χ3n) is 3.58. The predicted molar refractivity (Wildman–Crippen MR) is 70.8 cm³/mol. The maximum atomic E-state index is 3.54. The van der Waals surface area contributed by atoms with E-state index in [9.17, 15) is 0 Å². The second-order valence-electron chi connectivity index (χ2n) is 4.50. The molecule has 0 saturated carbocycles. The normalized spacial score (nSPS) is 19.7. The van der Waals surface area contributed by atoms with E-state index in [2.05, 4.69) is 70.7 Å². The summed E-state index contributed by atoms with van der Waals surface area (Å²) in [5, 5.41) is 3.54. The van der Waals surface area contributed by atoms with Crippen molar-refractivity contribution >= 4 is 22.7 Å². The van der Waals surface area contributed by atoms with E-state index in [0.29, 0.717) is 0 Å². The van der Waals surface area contributed by atoms with Crippen LogP contribution in [-0.4, -0.2) is 13.3 Å². The molecule has 3 heteroatoms. The molecule has 1 N–H and O–H groups in total. The van der Waals surface area contributed by atoms with Crippen LogP contribution in [0.2, 0.25) is 0 Å². The maximum Gasteiger partial charge on any atom is 0.183 e. The molecule has 0 aliphatic carbocycles. The molecule has 2 aromatic carbocycles. The quantitative estimate of drug-likeness (QED) is 0.740. The summed E-state index contributed by atoms with van der Waals surface area (Å²) in [6, 6.07) is 17.0. The Morgan fingerprint density at radius 1 is 0.882 bits per heavy atom. The molecule has 0 bridgehead atoms. The minimum atomic E-state index is 0.213. The first-order chi connectivity index (χ1) is 8.36. The Hall–Kier alpha value is -2.16. The summed E-state index contributed by atoms with van der Waals surface area (Å²) >= 11 is 0. The molecule has 84 valence electrons. The average molecular weight is 223 g/mol. The van der Waals surface area contributed by atoms with Gasteiger partial charge in [0, 0.05) is 7.05 Å². The standard InChI is InChI=1S/C14H13N3/c1-16-12-8-4-5-9-13(12)17-11-7-3-2-6-10(11)15-14(16)17/h2-9,14-15H,1H3/t14-/m0/s1. The largest absolute Gasteiger partial charge is 0.346 e. The molecular formula is C14H13N3. The SMILES string of the molecule is CN1c2ccccc2N2c3ccccc3N[C@@H]12. The Kier molecular flexibility index (Phi) is 1.55. The van der Waals surface area contributed by atoms with Gasteiger partial charge in [-0.15, -0.1) is 0 Å². The lowest BCUT2D eigenvalue weighted by Crippen LogP contribution is -2.40. The first-order valence-corrected chi connectivity index (χ1v) is 5.83. The van der Waals surface area contributed by atoms with Crippen LogP contribution in [0, 0.1) is 0 Å². The summed E-state index contributed by atoms with van der Waals surface area (Å²) in [6.45, 7) is 0. The van der Waals surface area contributed by atoms with Gasteiger partial charge in [0.15, 0.2) is 6.29 Å². The van der Waals surface area contributed by atoms with Crippen molar-refractivity contribution in [3.63, 3.8) is 0 Å². The third kappa shape index (κ3) is 1.01. The van der Waals surface area contributed by atoms with Crippen molar-refractivity contribution in [2.45, 2.75) is 6.29 Å². The van der Waals surface area contributed by atoms with Crippen LogP contribution >= 0.6 is 0 Å². The fourth-order valence-electron chi connectivity index (χ4n) is 2.77. The summed E-state index contributed by atoms with van der Waals surface area (Å²) in [4.78, 5) is 4.62. The van der Waals surface area contributed by atoms with Crippen LogP contribution in [0.1, 0.15) is 0 Å². The Labute approximate surface area is 100 Å². The average Bonchev–Trinajstić information content (AvgIpc) is 2.88. The molecule has 0 radical (unpaired) electrons. The van der Waals surface area contributed by atoms with E-state index >= 15 is 0 Å². The van der Waals surface area contributed by atoms with Gasteiger partial charge < -0.3 is 10.2 Å². The smallest absolute Gasteiger partial charge is 0.183 e. The molecule has 0 spiro atoms. The molecule has 0 saturated heterocycles. The van der Waals surface area contributed by atoms with E-state index in [1.807, 2.05) is 0 Å². The fraction of sp³-hybridized carbons (Fsp3) is 0.143. The van der Waals surface area contributed by atoms with Crippen LogP contribution in [-0.2, 0) is 0 Å². The van der Waals surface area contributed by atoms with Crippen molar-refractivity contribution < 1.29 is 0 Å². The first kappa shape index (κ1) is 8.93. The van der Waals surface area contributed by atoms with Gasteiger partial charge in [-0.3, -0.25) is 4.90 Å². The lowest BCUT2D eigenvalue weighted by Gasteiger charge is -2.23. The fourth-order valence-corrected chi connectivity index (χ4v) is 2.77. The molecule has 2 heterocycles. The zero-order chi connectivity index (χ0) is 11.4. The molecule has 2 aromatic rings. The molecule has 17 heavy (non-hydrogen) atoms. The molecule has 2 aliphatic heterocycles. The van der Waals surface area contributed by atoms with Crippen molar-refractivity contribution in [2.75, 3.05) is 22.2 Å². The van der Waals surface area contributed by atoms with E-state index in [1.54, 1.807) is 0 Å². The van der Waals surface area contributed by atoms with Crippen molar-refractivity contribution in [3.05, 3.63) is 48.5 Å². The van der Waals surface area contributed by atoms with Gasteiger partial charge in [0.1, 0.15) is 0 Å². The summed E-state index contributed by atoms with van der Waals surface area (Å²) in [7, 11) is 2.13. The molecular weight excluding hydrogens is 210 g/mol. The number of para-hydroxylation sites is 4. The van der Waals surface area contributed by atoms with E-state index in [0.717, 1.165) is 0 Å². The van der Waals surface area contributed by atoms with E-state index in [-0.39, 0.29) is 6.29 Å². The molecule has 1 atom stereocenters. The zero-order valence-electron chi connectivity index (χ0n) is 9.59. The van der Waals surface area contributed by atoms with Crippen LogP contribution in [0.3, 0.4) is 0 Å². The summed E-state index contributed by atoms with van der Waals surface area (Å²) in [5.74, 6) is 0. The molecule has 0 amide bonds. The van der Waals surface area contributed by atoms with Crippen LogP contribution in [0.5, 0.6) is 0 Å². The van der Waals surface area contributed by atoms with Crippen LogP contribution in [0.25, 0.3) is 0 Å². The highest BCUT2D eigenvalue weighted by Gasteiger charge is 2.39. The van der Waals surface area contributed by atoms with Gasteiger partial charge in [-0.2, -0.15) is 0 Å². The highest BCUT2D eigenvalue weighted by atomic mass is 15.5. The number of anilines is 4. The molecule has 3 nitrogen and oxygen atoms in total. The molecule has 0 unspecified atom stereocenters. The number of hydrogen-bond donors (Lipinski definition) is 1. The lowest BCUT2D eigenvalue weighted by atomic mass is 10.2. The lowest BCUT2D eigenvalue weighted by molar-refractivity contribution is 0.777. The van der Waals surface area contributed by atoms with Crippen LogP contribution in [0.4, 0.5) is 22.7 Å². The van der Waals surface area contributed by atoms with Crippen molar-refractivity contribution in [1.29, 1.82) is 0 Å². The first-order valence-electron chi connectivity index (χ1n) is 5.83. The number of fused-ring (bicyclic) bond motifs is 5. The van der Waals surface area contributed by atoms with E-state index < -0.39 is 0 Å². The highest BCUT2D eigenvalue weighted by Crippen LogP contribution is 2.49. The maximum absolute atomic E-state index is 3.54. The predicted octanol–water partition coefficient (Wildman–Crippen LogP) is 2.98. The Balaban J connectivity index is 1.95. The number of rotatable bonds is 0. The van der Waals surface area contributed by atoms with Crippen molar-refractivity contribution in [1.82, 2.24) is 0 Å². The summed E-state index contributed by atoms with van der Waals surface area (Å²) < 4.78 is 0. The topological polar surface area (TPSA) is 18.5 Å². The summed E-state index contributed by atoms with van der Waals surface area (Å²) in [6.07, 6.45) is 0.213. The Bertz CT molecular complexity index is 594. The Morgan fingerprint density at radius 3 is 2.35 bits per heavy atom. The molecule has 2 aliphatic rings. The highest BCUT2D eigenvalue weighted by molar-refractivity contribution is 5.92. The van der Waals surface area contributed by atoms with Gasteiger partial charge in [-0.05, 0) is 24.3 Å². The van der Waals surface area contributed by atoms with E-state index in [4.69, 9.17) is 0 Å². The Morgan fingerprint density at radius 2 is 1.53 bits per heavy atom. The van der Waals surface area contributed by atoms with E-state index in [1.165, 1.54) is 22.7 Å². The second kappa shape index (κ2) is 2.94. The van der Waals surface area contributed by atoms with Gasteiger partial charge >= 0.3 is 0 Å². The number of nitrogens with one attached hydrogen (secondary N) is 1. The number of benzene rings is 2. The van der Waals surface area contributed by atoms with Gasteiger partial charge in [0.05, 0.1) is 22.7 Å². The minimum absolute atomic E-state index is 0.213. The summed E-state index contributed by atoms with van der Waals surface area (Å²) in [5.41, 5.74) is 5.02. The molecule has 4 rings (SSSR count). The monoisotopic (exact) mass is 223 g/mol. The molecule has 0 fully saturated rings. The van der Waals surface area contributed by atoms with Gasteiger partial charge in [-0.1, -0.05) is 24.3 Å². The van der Waals surface area contributed by atoms with Crippen LogP contribution in [0.15, 0.2) is 48.5 Å². The van der Waals surface area contributed by atoms with Gasteiger partial charge in [-0.25, -0.2) is 0 Å². The molecule has 0 aromatic heterocycles. The van der Waals surface area contributed by atoms with Crippen molar-refractivity contribution in [3.8, 4) is 0 Å². The van der Waals surface area contributed by atoms with Gasteiger partial charge in [0.25, 0.3) is 0 Å². The van der Waals surface area contributed by atoms with Crippen molar-refractivity contribution in [2.24, 2.45) is 0 Å². The minimum Gasteiger partial charge on any atom is -0.346 e. The third-order valence-corrected chi connectivity index (χ3v) is 3.58. The number of nitrogens with zero attached hydrogens (tertiary/aromatic N) is 2. The zero-order valence-corrected chi connectivity index (χ0v) is 9.59. The van der Waals surface area contributed by atoms with Crippen LogP contribution < -0.4 is 15.1 Å².